The molecule has 1 aliphatic heterocycles. The van der Waals surface area contributed by atoms with Crippen molar-refractivity contribution < 1.29 is 19.0 Å². The Labute approximate surface area is 264 Å². The maximum atomic E-state index is 14.1. The summed E-state index contributed by atoms with van der Waals surface area (Å²) in [5, 5.41) is 9.50. The lowest BCUT2D eigenvalue weighted by molar-refractivity contribution is -0.139. The van der Waals surface area contributed by atoms with E-state index < -0.39 is 12.0 Å². The number of nitriles is 1. The highest BCUT2D eigenvalue weighted by atomic mass is 79.9. The average molecular weight is 679 g/mol. The van der Waals surface area contributed by atoms with Crippen molar-refractivity contribution in [1.82, 2.24) is 4.57 Å². The van der Waals surface area contributed by atoms with Crippen LogP contribution in [0.15, 0.2) is 86.2 Å². The Hall–Kier alpha value is -4.17. The molecule has 1 aromatic heterocycles. The van der Waals surface area contributed by atoms with Crippen molar-refractivity contribution in [1.29, 1.82) is 5.26 Å². The number of ether oxygens (including phenoxy) is 3. The van der Waals surface area contributed by atoms with Gasteiger partial charge in [0.15, 0.2) is 16.3 Å². The van der Waals surface area contributed by atoms with Gasteiger partial charge in [0.1, 0.15) is 12.6 Å². The lowest BCUT2D eigenvalue weighted by atomic mass is 9.96. The molecule has 1 aliphatic rings. The van der Waals surface area contributed by atoms with Crippen LogP contribution in [0.5, 0.6) is 11.5 Å². The first-order chi connectivity index (χ1) is 20.7. The fourth-order valence-electron chi connectivity index (χ4n) is 4.76. The van der Waals surface area contributed by atoms with Gasteiger partial charge in [0, 0.05) is 15.1 Å². The number of aromatic nitrogens is 1. The number of allylic oxidation sites excluding steroid dienone is 1. The second-order valence-corrected chi connectivity index (χ2v) is 11.8. The lowest BCUT2D eigenvalue weighted by Crippen LogP contribution is -2.40. The van der Waals surface area contributed by atoms with E-state index >= 15 is 0 Å². The fourth-order valence-corrected chi connectivity index (χ4v) is 6.49. The predicted molar refractivity (Wildman–Crippen MR) is 168 cm³/mol. The van der Waals surface area contributed by atoms with Gasteiger partial charge < -0.3 is 14.2 Å². The molecule has 3 aromatic carbocycles. The van der Waals surface area contributed by atoms with E-state index in [-0.39, 0.29) is 24.3 Å². The Morgan fingerprint density at radius 1 is 1.21 bits per heavy atom. The van der Waals surface area contributed by atoms with Crippen LogP contribution in [-0.4, -0.2) is 24.3 Å². The van der Waals surface area contributed by atoms with Crippen LogP contribution in [0.2, 0.25) is 5.02 Å². The van der Waals surface area contributed by atoms with E-state index in [9.17, 15) is 9.59 Å². The summed E-state index contributed by atoms with van der Waals surface area (Å²) in [6.45, 7) is 3.83. The molecule has 0 spiro atoms. The van der Waals surface area contributed by atoms with Crippen LogP contribution in [0.25, 0.3) is 6.08 Å². The number of fused-ring (bicyclic) bond motifs is 1. The predicted octanol–water partition coefficient (Wildman–Crippen LogP) is 5.67. The summed E-state index contributed by atoms with van der Waals surface area (Å²) in [7, 11) is 1.54. The second kappa shape index (κ2) is 13.0. The molecular formula is C32H25BrClN3O5S. The first-order valence-corrected chi connectivity index (χ1v) is 15.2. The minimum absolute atomic E-state index is 0.172. The molecule has 0 fully saturated rings. The molecule has 0 bridgehead atoms. The van der Waals surface area contributed by atoms with Crippen LogP contribution in [0.4, 0.5) is 0 Å². The number of thiazole rings is 1. The van der Waals surface area contributed by atoms with Crippen molar-refractivity contribution in [2.45, 2.75) is 26.5 Å². The summed E-state index contributed by atoms with van der Waals surface area (Å²) in [6.07, 6.45) is 1.72. The fraction of sp³-hybridized carbons (Fsp3) is 0.188. The second-order valence-electron chi connectivity index (χ2n) is 9.45. The highest BCUT2D eigenvalue weighted by Crippen LogP contribution is 2.37. The largest absolute Gasteiger partial charge is 0.493 e. The van der Waals surface area contributed by atoms with Crippen LogP contribution in [0.1, 0.15) is 42.1 Å². The maximum absolute atomic E-state index is 14.1. The summed E-state index contributed by atoms with van der Waals surface area (Å²) in [5.74, 6) is 0.349. The van der Waals surface area contributed by atoms with E-state index in [1.807, 2.05) is 18.2 Å². The van der Waals surface area contributed by atoms with E-state index in [1.54, 1.807) is 62.4 Å². The zero-order valence-corrected chi connectivity index (χ0v) is 26.5. The van der Waals surface area contributed by atoms with Gasteiger partial charge in [0.2, 0.25) is 0 Å². The van der Waals surface area contributed by atoms with Crippen LogP contribution < -0.4 is 24.4 Å². The number of esters is 1. The van der Waals surface area contributed by atoms with E-state index in [0.717, 1.165) is 10.0 Å². The zero-order valence-electron chi connectivity index (χ0n) is 23.4. The van der Waals surface area contributed by atoms with Crippen molar-refractivity contribution in [2.24, 2.45) is 4.99 Å². The monoisotopic (exact) mass is 677 g/mol. The first kappa shape index (κ1) is 30.3. The maximum Gasteiger partial charge on any atom is 0.338 e. The average Bonchev–Trinajstić information content (AvgIpc) is 3.30. The molecule has 0 aliphatic carbocycles. The van der Waals surface area contributed by atoms with E-state index in [0.29, 0.717) is 48.2 Å². The van der Waals surface area contributed by atoms with Crippen LogP contribution in [0, 0.1) is 11.3 Å². The molecule has 43 heavy (non-hydrogen) atoms. The van der Waals surface area contributed by atoms with E-state index in [1.165, 1.54) is 23.0 Å². The molecule has 8 nitrogen and oxygen atoms in total. The highest BCUT2D eigenvalue weighted by Gasteiger charge is 2.34. The Kier molecular flexibility index (Phi) is 9.16. The molecule has 0 unspecified atom stereocenters. The van der Waals surface area contributed by atoms with Crippen LogP contribution >= 0.6 is 38.9 Å². The lowest BCUT2D eigenvalue weighted by Gasteiger charge is -2.25. The number of hydrogen-bond donors (Lipinski definition) is 0. The normalized spacial score (nSPS) is 14.5. The molecule has 11 heteroatoms. The van der Waals surface area contributed by atoms with Crippen molar-refractivity contribution in [3.8, 4) is 17.6 Å². The standard InChI is InChI=1S/C32H25BrClN3O5S/c1-4-41-31(39)27-18(2)36-32-37(28(27)23-7-5-6-8-24(23)34)30(38)26(43-32)14-21-13-22(33)15-25(40-3)29(21)42-17-20-11-9-19(16-35)10-12-20/h5-15,28H,4,17H2,1-3H3/b26-14-/t28-/m1/s1. The van der Waals surface area contributed by atoms with Gasteiger partial charge in [-0.1, -0.05) is 69.2 Å². The summed E-state index contributed by atoms with van der Waals surface area (Å²) >= 11 is 11.3. The van der Waals surface area contributed by atoms with Gasteiger partial charge in [-0.15, -0.1) is 0 Å². The number of methoxy groups -OCH3 is 1. The summed E-state index contributed by atoms with van der Waals surface area (Å²) < 4.78 is 19.8. The first-order valence-electron chi connectivity index (χ1n) is 13.2. The smallest absolute Gasteiger partial charge is 0.338 e. The van der Waals surface area contributed by atoms with Crippen molar-refractivity contribution >= 4 is 50.9 Å². The topological polar surface area (TPSA) is 103 Å². The number of carbonyl (C=O) groups is 1. The molecule has 0 N–H and O–H groups in total. The molecule has 0 saturated heterocycles. The van der Waals surface area contributed by atoms with Gasteiger partial charge in [-0.2, -0.15) is 5.26 Å². The Morgan fingerprint density at radius 3 is 2.63 bits per heavy atom. The number of nitrogens with zero attached hydrogens (tertiary/aromatic N) is 3. The summed E-state index contributed by atoms with van der Waals surface area (Å²) in [4.78, 5) is 32.3. The van der Waals surface area contributed by atoms with Crippen molar-refractivity contribution in [2.75, 3.05) is 13.7 Å². The molecule has 0 radical (unpaired) electrons. The Balaban J connectivity index is 1.65. The quantitative estimate of drug-likeness (QED) is 0.223. The third-order valence-corrected chi connectivity index (χ3v) is 8.52. The van der Waals surface area contributed by atoms with Gasteiger partial charge in [-0.3, -0.25) is 9.36 Å². The van der Waals surface area contributed by atoms with Gasteiger partial charge in [-0.05, 0) is 61.4 Å². The number of rotatable bonds is 8. The van der Waals surface area contributed by atoms with E-state index in [2.05, 4.69) is 27.0 Å². The van der Waals surface area contributed by atoms with E-state index in [4.69, 9.17) is 31.1 Å². The highest BCUT2D eigenvalue weighted by molar-refractivity contribution is 9.10. The minimum atomic E-state index is -0.824. The van der Waals surface area contributed by atoms with Crippen LogP contribution in [-0.2, 0) is 16.1 Å². The SMILES string of the molecule is CCOC(=O)C1=C(C)N=c2s/c(=C\c3cc(Br)cc(OC)c3OCc3ccc(C#N)cc3)c(=O)n2[C@@H]1c1ccccc1Cl. The third kappa shape index (κ3) is 6.15. The van der Waals surface area contributed by atoms with Gasteiger partial charge in [0.25, 0.3) is 5.56 Å². The van der Waals surface area contributed by atoms with Gasteiger partial charge >= 0.3 is 5.97 Å². The Morgan fingerprint density at radius 2 is 1.95 bits per heavy atom. The molecule has 218 valence electrons. The Bertz CT molecular complexity index is 1980. The minimum Gasteiger partial charge on any atom is -0.493 e. The van der Waals surface area contributed by atoms with Crippen molar-refractivity contribution in [3.63, 3.8) is 0 Å². The number of hydrogen-bond acceptors (Lipinski definition) is 8. The van der Waals surface area contributed by atoms with Crippen LogP contribution in [0.3, 0.4) is 0 Å². The molecule has 2 heterocycles. The third-order valence-electron chi connectivity index (χ3n) is 6.74. The number of benzene rings is 3. The number of halogens is 2. The summed E-state index contributed by atoms with van der Waals surface area (Å²) in [5.41, 5.74) is 2.95. The van der Waals surface area contributed by atoms with Gasteiger partial charge in [0.05, 0.1) is 41.2 Å². The molecule has 5 rings (SSSR count). The molecule has 0 saturated carbocycles. The van der Waals surface area contributed by atoms with Gasteiger partial charge in [-0.25, -0.2) is 9.79 Å². The molecule has 1 atom stereocenters. The van der Waals surface area contributed by atoms with Crippen molar-refractivity contribution in [3.05, 3.63) is 123 Å². The zero-order chi connectivity index (χ0) is 30.7. The molecular weight excluding hydrogens is 654 g/mol. The summed E-state index contributed by atoms with van der Waals surface area (Å²) in [6, 6.07) is 19.1. The molecule has 0 amide bonds. The molecule has 4 aromatic rings. The number of carbonyl (C=O) groups excluding carboxylic acids is 1.